The number of para-hydroxylation sites is 2. The molecule has 0 bridgehead atoms. The van der Waals surface area contributed by atoms with Crippen molar-refractivity contribution in [1.82, 2.24) is 9.55 Å². The summed E-state index contributed by atoms with van der Waals surface area (Å²) in [7, 11) is 0. The number of furan rings is 1. The summed E-state index contributed by atoms with van der Waals surface area (Å²) in [5.74, 6) is 1.35. The first-order valence-electron chi connectivity index (χ1n) is 6.83. The van der Waals surface area contributed by atoms with E-state index in [1.165, 1.54) is 0 Å². The van der Waals surface area contributed by atoms with Gasteiger partial charge in [-0.2, -0.15) is 4.98 Å². The summed E-state index contributed by atoms with van der Waals surface area (Å²) in [6, 6.07) is 15.5. The van der Waals surface area contributed by atoms with Crippen molar-refractivity contribution in [3.8, 4) is 11.6 Å². The maximum absolute atomic E-state index is 12.2. The molecule has 0 amide bonds. The summed E-state index contributed by atoms with van der Waals surface area (Å²) in [6.07, 6.45) is 0. The van der Waals surface area contributed by atoms with E-state index in [1.54, 1.807) is 0 Å². The molecule has 21 heavy (non-hydrogen) atoms. The predicted molar refractivity (Wildman–Crippen MR) is 80.3 cm³/mol. The van der Waals surface area contributed by atoms with Crippen molar-refractivity contribution in [1.29, 1.82) is 0 Å². The molecule has 2 aromatic carbocycles. The average molecular weight is 274 g/mol. The number of aromatic nitrogens is 2. The van der Waals surface area contributed by atoms with Crippen LogP contribution in [0.5, 0.6) is 0 Å². The van der Waals surface area contributed by atoms with Crippen LogP contribution in [0.25, 0.3) is 33.5 Å². The fourth-order valence-corrected chi connectivity index (χ4v) is 3.15. The standard InChI is InChI=1S/C17H10N2O2/c20-17-11-6-1-3-7-13(11)19-9-12-10-5-2-4-8-14(10)21-15(12)16(19)18-17/h1-8H,9H2. The van der Waals surface area contributed by atoms with Crippen molar-refractivity contribution in [3.05, 3.63) is 64.4 Å². The molecular weight excluding hydrogens is 264 g/mol. The number of hydrogen-bond acceptors (Lipinski definition) is 3. The Morgan fingerprint density at radius 1 is 1.00 bits per heavy atom. The molecule has 4 heteroatoms. The zero-order valence-electron chi connectivity index (χ0n) is 11.0. The lowest BCUT2D eigenvalue weighted by Gasteiger charge is -2.07. The molecule has 0 saturated heterocycles. The molecular formula is C17H10N2O2. The molecule has 1 aliphatic heterocycles. The van der Waals surface area contributed by atoms with Crippen molar-refractivity contribution >= 4 is 21.9 Å². The van der Waals surface area contributed by atoms with Crippen molar-refractivity contribution in [2.75, 3.05) is 0 Å². The van der Waals surface area contributed by atoms with Gasteiger partial charge in [0.25, 0.3) is 5.56 Å². The highest BCUT2D eigenvalue weighted by Crippen LogP contribution is 2.38. The highest BCUT2D eigenvalue weighted by molar-refractivity contribution is 5.90. The third-order valence-electron chi connectivity index (χ3n) is 4.11. The maximum Gasteiger partial charge on any atom is 0.281 e. The van der Waals surface area contributed by atoms with Gasteiger partial charge in [0, 0.05) is 10.9 Å². The van der Waals surface area contributed by atoms with E-state index in [1.807, 2.05) is 48.5 Å². The molecule has 0 spiro atoms. The maximum atomic E-state index is 12.2. The monoisotopic (exact) mass is 274 g/mol. The van der Waals surface area contributed by atoms with Crippen LogP contribution in [-0.4, -0.2) is 9.55 Å². The van der Waals surface area contributed by atoms with E-state index >= 15 is 0 Å². The van der Waals surface area contributed by atoms with Gasteiger partial charge in [-0.3, -0.25) is 4.79 Å². The smallest absolute Gasteiger partial charge is 0.281 e. The minimum atomic E-state index is -0.204. The molecule has 3 heterocycles. The summed E-state index contributed by atoms with van der Waals surface area (Å²) < 4.78 is 7.97. The quantitative estimate of drug-likeness (QED) is 0.436. The fourth-order valence-electron chi connectivity index (χ4n) is 3.15. The summed E-state index contributed by atoms with van der Waals surface area (Å²) in [5, 5.41) is 1.74. The molecule has 100 valence electrons. The Bertz CT molecular complexity index is 1090. The molecule has 1 aliphatic rings. The van der Waals surface area contributed by atoms with Crippen LogP contribution in [0, 0.1) is 0 Å². The number of fused-ring (bicyclic) bond motifs is 7. The first kappa shape index (κ1) is 10.9. The topological polar surface area (TPSA) is 48.0 Å². The number of benzene rings is 2. The van der Waals surface area contributed by atoms with E-state index in [2.05, 4.69) is 9.55 Å². The van der Waals surface area contributed by atoms with Crippen LogP contribution in [0.3, 0.4) is 0 Å². The van der Waals surface area contributed by atoms with Gasteiger partial charge in [0.15, 0.2) is 11.6 Å². The lowest BCUT2D eigenvalue weighted by Crippen LogP contribution is -2.13. The van der Waals surface area contributed by atoms with Crippen molar-refractivity contribution < 1.29 is 4.42 Å². The second-order valence-corrected chi connectivity index (χ2v) is 5.25. The van der Waals surface area contributed by atoms with Gasteiger partial charge in [0.2, 0.25) is 0 Å². The van der Waals surface area contributed by atoms with E-state index in [9.17, 15) is 4.79 Å². The van der Waals surface area contributed by atoms with Gasteiger partial charge in [-0.1, -0.05) is 30.3 Å². The minimum absolute atomic E-state index is 0.204. The molecule has 0 N–H and O–H groups in total. The number of rotatable bonds is 0. The van der Waals surface area contributed by atoms with Gasteiger partial charge in [-0.25, -0.2) is 0 Å². The van der Waals surface area contributed by atoms with E-state index in [-0.39, 0.29) is 5.56 Å². The van der Waals surface area contributed by atoms with Crippen LogP contribution in [0.2, 0.25) is 0 Å². The number of nitrogens with zero attached hydrogens (tertiary/aromatic N) is 2. The second-order valence-electron chi connectivity index (χ2n) is 5.25. The third-order valence-corrected chi connectivity index (χ3v) is 4.11. The highest BCUT2D eigenvalue weighted by atomic mass is 16.3. The Morgan fingerprint density at radius 2 is 1.76 bits per heavy atom. The summed E-state index contributed by atoms with van der Waals surface area (Å²) in [6.45, 7) is 0.690. The van der Waals surface area contributed by atoms with Crippen LogP contribution < -0.4 is 5.56 Å². The van der Waals surface area contributed by atoms with Crippen LogP contribution >= 0.6 is 0 Å². The molecule has 0 fully saturated rings. The van der Waals surface area contributed by atoms with Crippen molar-refractivity contribution in [2.24, 2.45) is 0 Å². The van der Waals surface area contributed by atoms with Gasteiger partial charge >= 0.3 is 0 Å². The fraction of sp³-hybridized carbons (Fsp3) is 0.0588. The van der Waals surface area contributed by atoms with Crippen molar-refractivity contribution in [3.63, 3.8) is 0 Å². The van der Waals surface area contributed by atoms with Gasteiger partial charge in [-0.05, 0) is 18.2 Å². The SMILES string of the molecule is O=c1nc2n(c3ccccc13)Cc1c-2oc2ccccc12. The van der Waals surface area contributed by atoms with Crippen LogP contribution in [0.1, 0.15) is 5.56 Å². The Hall–Kier alpha value is -2.88. The molecule has 2 aromatic heterocycles. The van der Waals surface area contributed by atoms with Gasteiger partial charge in [-0.15, -0.1) is 0 Å². The molecule has 0 saturated carbocycles. The lowest BCUT2D eigenvalue weighted by atomic mass is 10.1. The van der Waals surface area contributed by atoms with Gasteiger partial charge in [0.1, 0.15) is 5.58 Å². The van der Waals surface area contributed by atoms with Crippen LogP contribution in [-0.2, 0) is 6.54 Å². The van der Waals surface area contributed by atoms with Crippen LogP contribution in [0.4, 0.5) is 0 Å². The minimum Gasteiger partial charge on any atom is -0.452 e. The Balaban J connectivity index is 1.94. The Labute approximate surface area is 119 Å². The molecule has 4 aromatic rings. The highest BCUT2D eigenvalue weighted by Gasteiger charge is 2.27. The van der Waals surface area contributed by atoms with Gasteiger partial charge in [0.05, 0.1) is 17.4 Å². The zero-order valence-corrected chi connectivity index (χ0v) is 11.0. The predicted octanol–water partition coefficient (Wildman–Crippen LogP) is 3.17. The number of hydrogen-bond donors (Lipinski definition) is 0. The Kier molecular flexibility index (Phi) is 1.86. The molecule has 0 radical (unpaired) electrons. The molecule has 0 atom stereocenters. The first-order valence-corrected chi connectivity index (χ1v) is 6.83. The Morgan fingerprint density at radius 3 is 2.67 bits per heavy atom. The third kappa shape index (κ3) is 1.29. The van der Waals surface area contributed by atoms with E-state index in [4.69, 9.17) is 4.42 Å². The molecule has 5 rings (SSSR count). The first-order chi connectivity index (χ1) is 10.3. The molecule has 4 nitrogen and oxygen atoms in total. The zero-order chi connectivity index (χ0) is 14.0. The average Bonchev–Trinajstić information content (AvgIpc) is 3.05. The molecule has 0 aliphatic carbocycles. The summed E-state index contributed by atoms with van der Waals surface area (Å²) >= 11 is 0. The van der Waals surface area contributed by atoms with E-state index in [0.717, 1.165) is 27.8 Å². The summed E-state index contributed by atoms with van der Waals surface area (Å²) in [5.41, 5.74) is 2.65. The van der Waals surface area contributed by atoms with Crippen LogP contribution in [0.15, 0.2) is 57.7 Å². The van der Waals surface area contributed by atoms with E-state index in [0.29, 0.717) is 17.8 Å². The summed E-state index contributed by atoms with van der Waals surface area (Å²) in [4.78, 5) is 16.4. The molecule has 0 unspecified atom stereocenters. The lowest BCUT2D eigenvalue weighted by molar-refractivity contribution is 0.626. The second kappa shape index (κ2) is 3.61. The normalized spacial score (nSPS) is 12.8. The van der Waals surface area contributed by atoms with Crippen molar-refractivity contribution in [2.45, 2.75) is 6.54 Å². The largest absolute Gasteiger partial charge is 0.452 e. The van der Waals surface area contributed by atoms with E-state index < -0.39 is 0 Å². The van der Waals surface area contributed by atoms with Gasteiger partial charge < -0.3 is 8.98 Å².